The number of rotatable bonds is 7. The maximum Gasteiger partial charge on any atom is 0.0662 e. The van der Waals surface area contributed by atoms with Gasteiger partial charge in [0.25, 0.3) is 0 Å². The van der Waals surface area contributed by atoms with Gasteiger partial charge in [0, 0.05) is 13.0 Å². The van der Waals surface area contributed by atoms with Crippen LogP contribution >= 0.6 is 0 Å². The van der Waals surface area contributed by atoms with Crippen molar-refractivity contribution in [2.45, 2.75) is 38.7 Å². The molecule has 0 aromatic rings. The Morgan fingerprint density at radius 3 is 2.83 bits per heavy atom. The van der Waals surface area contributed by atoms with Crippen molar-refractivity contribution in [1.82, 2.24) is 5.32 Å². The van der Waals surface area contributed by atoms with Crippen molar-refractivity contribution >= 4 is 0 Å². The summed E-state index contributed by atoms with van der Waals surface area (Å²) in [4.78, 5) is 0. The van der Waals surface area contributed by atoms with Crippen LogP contribution in [0.25, 0.3) is 0 Å². The van der Waals surface area contributed by atoms with Crippen LogP contribution in [0.15, 0.2) is 0 Å². The lowest BCUT2D eigenvalue weighted by Crippen LogP contribution is -2.26. The molecule has 0 bridgehead atoms. The van der Waals surface area contributed by atoms with Crippen molar-refractivity contribution in [2.75, 3.05) is 13.1 Å². The maximum atomic E-state index is 9.15. The Kier molecular flexibility index (Phi) is 8.09. The molecule has 0 aliphatic rings. The van der Waals surface area contributed by atoms with Gasteiger partial charge in [0.15, 0.2) is 0 Å². The highest BCUT2D eigenvalue weighted by Gasteiger charge is 1.97. The van der Waals surface area contributed by atoms with Crippen LogP contribution in [-0.4, -0.2) is 24.3 Å². The fourth-order valence-corrected chi connectivity index (χ4v) is 0.867. The molecule has 0 fully saturated rings. The van der Waals surface area contributed by atoms with Gasteiger partial charge in [0.1, 0.15) is 0 Å². The van der Waals surface area contributed by atoms with Crippen LogP contribution in [0, 0.1) is 11.3 Å². The number of nitrogens with zero attached hydrogens (tertiary/aromatic N) is 1. The average Bonchev–Trinajstić information content (AvgIpc) is 2.10. The minimum atomic E-state index is -0.221. The molecular weight excluding hydrogens is 152 g/mol. The molecule has 0 rings (SSSR count). The molecule has 0 aromatic carbocycles. The lowest BCUT2D eigenvalue weighted by Gasteiger charge is -2.08. The SMILES string of the molecule is CCC(O)CNCCCCC#N. The molecular formula is C9H18N2O. The van der Waals surface area contributed by atoms with Gasteiger partial charge in [-0.15, -0.1) is 0 Å². The van der Waals surface area contributed by atoms with E-state index in [0.717, 1.165) is 25.8 Å². The number of aliphatic hydroxyl groups is 1. The van der Waals surface area contributed by atoms with E-state index >= 15 is 0 Å². The number of nitrogens with one attached hydrogen (secondary N) is 1. The molecule has 1 atom stereocenters. The van der Waals surface area contributed by atoms with Gasteiger partial charge in [-0.2, -0.15) is 5.26 Å². The lowest BCUT2D eigenvalue weighted by molar-refractivity contribution is 0.167. The zero-order valence-corrected chi connectivity index (χ0v) is 7.71. The van der Waals surface area contributed by atoms with Crippen molar-refractivity contribution in [3.05, 3.63) is 0 Å². The largest absolute Gasteiger partial charge is 0.392 e. The average molecular weight is 170 g/mol. The second-order valence-electron chi connectivity index (χ2n) is 2.88. The number of hydrogen-bond donors (Lipinski definition) is 2. The molecule has 3 nitrogen and oxygen atoms in total. The Balaban J connectivity index is 2.96. The van der Waals surface area contributed by atoms with Crippen LogP contribution < -0.4 is 5.32 Å². The Morgan fingerprint density at radius 1 is 1.50 bits per heavy atom. The van der Waals surface area contributed by atoms with Gasteiger partial charge >= 0.3 is 0 Å². The smallest absolute Gasteiger partial charge is 0.0662 e. The highest BCUT2D eigenvalue weighted by Crippen LogP contribution is 1.92. The number of nitriles is 1. The van der Waals surface area contributed by atoms with Crippen molar-refractivity contribution in [3.63, 3.8) is 0 Å². The summed E-state index contributed by atoms with van der Waals surface area (Å²) in [5.74, 6) is 0. The second kappa shape index (κ2) is 8.51. The van der Waals surface area contributed by atoms with Crippen LogP contribution in [0.4, 0.5) is 0 Å². The number of hydrogen-bond acceptors (Lipinski definition) is 3. The van der Waals surface area contributed by atoms with Crippen LogP contribution in [0.5, 0.6) is 0 Å². The van der Waals surface area contributed by atoms with E-state index in [9.17, 15) is 0 Å². The molecule has 2 N–H and O–H groups in total. The molecule has 3 heteroatoms. The molecule has 0 radical (unpaired) electrons. The van der Waals surface area contributed by atoms with E-state index in [1.807, 2.05) is 6.92 Å². The summed E-state index contributed by atoms with van der Waals surface area (Å²) in [6, 6.07) is 2.10. The van der Waals surface area contributed by atoms with Crippen LogP contribution in [-0.2, 0) is 0 Å². The summed E-state index contributed by atoms with van der Waals surface area (Å²) in [6.07, 6.45) is 3.18. The zero-order chi connectivity index (χ0) is 9.23. The number of aliphatic hydroxyl groups excluding tert-OH is 1. The first-order valence-electron chi connectivity index (χ1n) is 4.57. The van der Waals surface area contributed by atoms with Crippen LogP contribution in [0.3, 0.4) is 0 Å². The Hall–Kier alpha value is -0.590. The van der Waals surface area contributed by atoms with Gasteiger partial charge in [0.05, 0.1) is 12.2 Å². The molecule has 0 aliphatic carbocycles. The van der Waals surface area contributed by atoms with E-state index in [2.05, 4.69) is 11.4 Å². The zero-order valence-electron chi connectivity index (χ0n) is 7.71. The van der Waals surface area contributed by atoms with Crippen molar-refractivity contribution < 1.29 is 5.11 Å². The summed E-state index contributed by atoms with van der Waals surface area (Å²) in [6.45, 7) is 3.53. The van der Waals surface area contributed by atoms with Gasteiger partial charge in [-0.1, -0.05) is 6.92 Å². The van der Waals surface area contributed by atoms with E-state index in [0.29, 0.717) is 13.0 Å². The molecule has 0 aromatic heterocycles. The van der Waals surface area contributed by atoms with Crippen molar-refractivity contribution in [1.29, 1.82) is 5.26 Å². The highest BCUT2D eigenvalue weighted by molar-refractivity contribution is 4.68. The molecule has 1 unspecified atom stereocenters. The summed E-state index contributed by atoms with van der Waals surface area (Å²) in [5, 5.41) is 20.5. The predicted octanol–water partition coefficient (Wildman–Crippen LogP) is 1.04. The second-order valence-corrected chi connectivity index (χ2v) is 2.88. The van der Waals surface area contributed by atoms with Crippen molar-refractivity contribution in [2.24, 2.45) is 0 Å². The van der Waals surface area contributed by atoms with Gasteiger partial charge < -0.3 is 10.4 Å². The third-order valence-corrected chi connectivity index (χ3v) is 1.74. The van der Waals surface area contributed by atoms with Gasteiger partial charge in [-0.25, -0.2) is 0 Å². The molecule has 0 heterocycles. The summed E-state index contributed by atoms with van der Waals surface area (Å²) in [5.41, 5.74) is 0. The summed E-state index contributed by atoms with van der Waals surface area (Å²) < 4.78 is 0. The third kappa shape index (κ3) is 7.52. The quantitative estimate of drug-likeness (QED) is 0.561. The monoisotopic (exact) mass is 170 g/mol. The van der Waals surface area contributed by atoms with E-state index in [1.54, 1.807) is 0 Å². The topological polar surface area (TPSA) is 56.0 Å². The first-order valence-corrected chi connectivity index (χ1v) is 4.57. The normalized spacial score (nSPS) is 12.4. The molecule has 12 heavy (non-hydrogen) atoms. The Morgan fingerprint density at radius 2 is 2.25 bits per heavy atom. The van der Waals surface area contributed by atoms with E-state index in [1.165, 1.54) is 0 Å². The van der Waals surface area contributed by atoms with Gasteiger partial charge in [-0.05, 0) is 25.8 Å². The maximum absolute atomic E-state index is 9.15. The third-order valence-electron chi connectivity index (χ3n) is 1.74. The molecule has 70 valence electrons. The molecule has 0 saturated carbocycles. The van der Waals surface area contributed by atoms with Gasteiger partial charge in [-0.3, -0.25) is 0 Å². The standard InChI is InChI=1S/C9H18N2O/c1-2-9(12)8-11-7-5-3-4-6-10/h9,11-12H,2-5,7-8H2,1H3. The Bertz CT molecular complexity index is 131. The molecule has 0 aliphatic heterocycles. The summed E-state index contributed by atoms with van der Waals surface area (Å²) in [7, 11) is 0. The van der Waals surface area contributed by atoms with E-state index in [4.69, 9.17) is 10.4 Å². The van der Waals surface area contributed by atoms with Crippen LogP contribution in [0.2, 0.25) is 0 Å². The summed E-state index contributed by atoms with van der Waals surface area (Å²) >= 11 is 0. The minimum absolute atomic E-state index is 0.221. The minimum Gasteiger partial charge on any atom is -0.392 e. The van der Waals surface area contributed by atoms with E-state index in [-0.39, 0.29) is 6.10 Å². The number of unbranched alkanes of at least 4 members (excludes halogenated alkanes) is 2. The molecule has 0 amide bonds. The Labute approximate surface area is 74.4 Å². The molecule has 0 saturated heterocycles. The fraction of sp³-hybridized carbons (Fsp3) is 0.889. The van der Waals surface area contributed by atoms with E-state index < -0.39 is 0 Å². The first kappa shape index (κ1) is 11.4. The predicted molar refractivity (Wildman–Crippen MR) is 48.6 cm³/mol. The highest BCUT2D eigenvalue weighted by atomic mass is 16.3. The fourth-order valence-electron chi connectivity index (χ4n) is 0.867. The molecule has 0 spiro atoms. The van der Waals surface area contributed by atoms with Gasteiger partial charge in [0.2, 0.25) is 0 Å². The lowest BCUT2D eigenvalue weighted by atomic mass is 10.2. The first-order chi connectivity index (χ1) is 5.81. The van der Waals surface area contributed by atoms with Crippen LogP contribution in [0.1, 0.15) is 32.6 Å². The van der Waals surface area contributed by atoms with Crippen molar-refractivity contribution in [3.8, 4) is 6.07 Å².